The lowest BCUT2D eigenvalue weighted by atomic mass is 10.1. The number of likely N-dealkylation sites (tertiary alicyclic amines) is 1. The van der Waals surface area contributed by atoms with Gasteiger partial charge in [0.05, 0.1) is 11.6 Å². The minimum atomic E-state index is -0.281. The van der Waals surface area contributed by atoms with Crippen molar-refractivity contribution in [3.63, 3.8) is 0 Å². The maximum absolute atomic E-state index is 12.4. The summed E-state index contributed by atoms with van der Waals surface area (Å²) in [6.07, 6.45) is 1.68. The molecule has 2 heterocycles. The molecule has 1 atom stereocenters. The second kappa shape index (κ2) is 4.25. The van der Waals surface area contributed by atoms with Gasteiger partial charge in [0.1, 0.15) is 17.6 Å². The predicted octanol–water partition coefficient (Wildman–Crippen LogP) is 2.33. The summed E-state index contributed by atoms with van der Waals surface area (Å²) in [6, 6.07) is 1.90. The van der Waals surface area contributed by atoms with Crippen molar-refractivity contribution in [2.24, 2.45) is 0 Å². The standard InChI is InChI=1S/C13H16N2O2/c1-8-9(2)17-10(3)12(8)13(16)15-6-4-5-11(15)7-14/h11H,4-6H2,1-3H3. The van der Waals surface area contributed by atoms with Gasteiger partial charge in [-0.3, -0.25) is 4.79 Å². The Bertz CT molecular complexity index is 496. The fourth-order valence-corrected chi connectivity index (χ4v) is 2.40. The van der Waals surface area contributed by atoms with Gasteiger partial charge < -0.3 is 9.32 Å². The van der Waals surface area contributed by atoms with Crippen LogP contribution in [0.5, 0.6) is 0 Å². The lowest BCUT2D eigenvalue weighted by Gasteiger charge is -2.19. The van der Waals surface area contributed by atoms with E-state index in [1.54, 1.807) is 11.8 Å². The number of carbonyl (C=O) groups excluding carboxylic acids is 1. The molecule has 1 aromatic heterocycles. The predicted molar refractivity (Wildman–Crippen MR) is 62.6 cm³/mol. The highest BCUT2D eigenvalue weighted by atomic mass is 16.3. The second-order valence-electron chi connectivity index (χ2n) is 4.50. The largest absolute Gasteiger partial charge is 0.466 e. The number of aryl methyl sites for hydroxylation is 2. The van der Waals surface area contributed by atoms with Crippen molar-refractivity contribution in [3.8, 4) is 6.07 Å². The highest BCUT2D eigenvalue weighted by Gasteiger charge is 2.32. The number of amides is 1. The first-order valence-electron chi connectivity index (χ1n) is 5.83. The average Bonchev–Trinajstić information content (AvgIpc) is 2.84. The molecule has 90 valence electrons. The fraction of sp³-hybridized carbons (Fsp3) is 0.538. The van der Waals surface area contributed by atoms with Gasteiger partial charge in [-0.25, -0.2) is 0 Å². The van der Waals surface area contributed by atoms with Gasteiger partial charge in [-0.2, -0.15) is 5.26 Å². The molecule has 2 rings (SSSR count). The normalized spacial score (nSPS) is 19.4. The van der Waals surface area contributed by atoms with Gasteiger partial charge in [0.25, 0.3) is 5.91 Å². The van der Waals surface area contributed by atoms with Crippen LogP contribution in [-0.4, -0.2) is 23.4 Å². The van der Waals surface area contributed by atoms with Crippen molar-refractivity contribution >= 4 is 5.91 Å². The summed E-state index contributed by atoms with van der Waals surface area (Å²) < 4.78 is 5.46. The van der Waals surface area contributed by atoms with E-state index in [1.165, 1.54) is 0 Å². The van der Waals surface area contributed by atoms with Gasteiger partial charge >= 0.3 is 0 Å². The van der Waals surface area contributed by atoms with E-state index in [9.17, 15) is 4.79 Å². The molecule has 1 aliphatic rings. The van der Waals surface area contributed by atoms with E-state index in [1.807, 2.05) is 13.8 Å². The molecule has 0 N–H and O–H groups in total. The van der Waals surface area contributed by atoms with Crippen molar-refractivity contribution in [2.75, 3.05) is 6.54 Å². The van der Waals surface area contributed by atoms with Gasteiger partial charge in [0, 0.05) is 12.1 Å². The lowest BCUT2D eigenvalue weighted by molar-refractivity contribution is 0.0762. The Morgan fingerprint density at radius 1 is 1.41 bits per heavy atom. The summed E-state index contributed by atoms with van der Waals surface area (Å²) in [5.41, 5.74) is 1.51. The van der Waals surface area contributed by atoms with E-state index in [-0.39, 0.29) is 11.9 Å². The van der Waals surface area contributed by atoms with Crippen molar-refractivity contribution < 1.29 is 9.21 Å². The molecule has 17 heavy (non-hydrogen) atoms. The second-order valence-corrected chi connectivity index (χ2v) is 4.50. The summed E-state index contributed by atoms with van der Waals surface area (Å²) in [5, 5.41) is 9.01. The van der Waals surface area contributed by atoms with E-state index in [0.717, 1.165) is 24.2 Å². The molecular formula is C13H16N2O2. The maximum Gasteiger partial charge on any atom is 0.258 e. The van der Waals surface area contributed by atoms with Gasteiger partial charge in [-0.15, -0.1) is 0 Å². The molecule has 0 aliphatic carbocycles. The number of hydrogen-bond acceptors (Lipinski definition) is 3. The van der Waals surface area contributed by atoms with E-state index in [4.69, 9.17) is 9.68 Å². The van der Waals surface area contributed by atoms with Gasteiger partial charge in [0.15, 0.2) is 0 Å². The molecule has 1 unspecified atom stereocenters. The monoisotopic (exact) mass is 232 g/mol. The molecule has 0 bridgehead atoms. The Balaban J connectivity index is 2.35. The minimum Gasteiger partial charge on any atom is -0.466 e. The SMILES string of the molecule is Cc1oc(C)c(C(=O)N2CCCC2C#N)c1C. The topological polar surface area (TPSA) is 57.2 Å². The highest BCUT2D eigenvalue weighted by molar-refractivity contribution is 5.97. The van der Waals surface area contributed by atoms with Gasteiger partial charge in [0.2, 0.25) is 0 Å². The van der Waals surface area contributed by atoms with E-state index in [2.05, 4.69) is 6.07 Å². The summed E-state index contributed by atoms with van der Waals surface area (Å²) in [6.45, 7) is 6.20. The molecule has 1 aliphatic heterocycles. The van der Waals surface area contributed by atoms with Crippen LogP contribution in [0.4, 0.5) is 0 Å². The van der Waals surface area contributed by atoms with Gasteiger partial charge in [-0.05, 0) is 33.6 Å². The number of nitriles is 1. The summed E-state index contributed by atoms with van der Waals surface area (Å²) >= 11 is 0. The van der Waals surface area contributed by atoms with Crippen LogP contribution in [0.25, 0.3) is 0 Å². The zero-order valence-corrected chi connectivity index (χ0v) is 10.4. The Kier molecular flexibility index (Phi) is 2.93. The van der Waals surface area contributed by atoms with Crippen LogP contribution >= 0.6 is 0 Å². The minimum absolute atomic E-state index is 0.0686. The summed E-state index contributed by atoms with van der Waals surface area (Å²) in [5.74, 6) is 1.35. The Labute approximate surface area is 101 Å². The molecule has 0 radical (unpaired) electrons. The first-order chi connectivity index (χ1) is 8.06. The first kappa shape index (κ1) is 11.7. The highest BCUT2D eigenvalue weighted by Crippen LogP contribution is 2.26. The quantitative estimate of drug-likeness (QED) is 0.746. The number of carbonyl (C=O) groups is 1. The third-order valence-corrected chi connectivity index (χ3v) is 3.44. The molecule has 1 aromatic rings. The zero-order chi connectivity index (χ0) is 12.6. The molecule has 1 amide bonds. The smallest absolute Gasteiger partial charge is 0.258 e. The fourth-order valence-electron chi connectivity index (χ4n) is 2.40. The number of hydrogen-bond donors (Lipinski definition) is 0. The third-order valence-electron chi connectivity index (χ3n) is 3.44. The van der Waals surface area contributed by atoms with Crippen molar-refractivity contribution in [3.05, 3.63) is 22.6 Å². The van der Waals surface area contributed by atoms with Crippen LogP contribution in [0.1, 0.15) is 40.3 Å². The van der Waals surface area contributed by atoms with Crippen molar-refractivity contribution in [1.82, 2.24) is 4.90 Å². The number of rotatable bonds is 1. The zero-order valence-electron chi connectivity index (χ0n) is 10.4. The van der Waals surface area contributed by atoms with Crippen LogP contribution in [0.15, 0.2) is 4.42 Å². The van der Waals surface area contributed by atoms with E-state index in [0.29, 0.717) is 17.9 Å². The number of nitrogens with zero attached hydrogens (tertiary/aromatic N) is 2. The van der Waals surface area contributed by atoms with Crippen LogP contribution in [-0.2, 0) is 0 Å². The van der Waals surface area contributed by atoms with Crippen LogP contribution in [0, 0.1) is 32.1 Å². The molecule has 4 heteroatoms. The molecule has 4 nitrogen and oxygen atoms in total. The van der Waals surface area contributed by atoms with Crippen LogP contribution in [0.2, 0.25) is 0 Å². The lowest BCUT2D eigenvalue weighted by Crippen LogP contribution is -2.35. The van der Waals surface area contributed by atoms with Crippen molar-refractivity contribution in [1.29, 1.82) is 5.26 Å². The molecule has 1 saturated heterocycles. The number of furan rings is 1. The average molecular weight is 232 g/mol. The van der Waals surface area contributed by atoms with Crippen molar-refractivity contribution in [2.45, 2.75) is 39.7 Å². The third kappa shape index (κ3) is 1.82. The molecule has 1 fully saturated rings. The van der Waals surface area contributed by atoms with E-state index >= 15 is 0 Å². The summed E-state index contributed by atoms with van der Waals surface area (Å²) in [4.78, 5) is 14.0. The van der Waals surface area contributed by atoms with Crippen LogP contribution < -0.4 is 0 Å². The maximum atomic E-state index is 12.4. The Morgan fingerprint density at radius 3 is 2.65 bits per heavy atom. The molecule has 0 saturated carbocycles. The van der Waals surface area contributed by atoms with Crippen LogP contribution in [0.3, 0.4) is 0 Å². The van der Waals surface area contributed by atoms with E-state index < -0.39 is 0 Å². The van der Waals surface area contributed by atoms with Gasteiger partial charge in [-0.1, -0.05) is 0 Å². The molecule has 0 spiro atoms. The Morgan fingerprint density at radius 2 is 2.12 bits per heavy atom. The molecule has 0 aromatic carbocycles. The summed E-state index contributed by atoms with van der Waals surface area (Å²) in [7, 11) is 0. The first-order valence-corrected chi connectivity index (χ1v) is 5.83. The Hall–Kier alpha value is -1.76. The molecular weight excluding hydrogens is 216 g/mol.